The fourth-order valence-corrected chi connectivity index (χ4v) is 1.77. The maximum Gasteiger partial charge on any atom is 0.181 e. The molecule has 0 fully saturated rings. The molecule has 2 aromatic rings. The van der Waals surface area contributed by atoms with Crippen molar-refractivity contribution in [1.82, 2.24) is 0 Å². The van der Waals surface area contributed by atoms with Crippen LogP contribution in [0.15, 0.2) is 54.7 Å². The molecule has 0 saturated carbocycles. The average molecular weight is 198 g/mol. The summed E-state index contributed by atoms with van der Waals surface area (Å²) in [6, 6.07) is 16.9. The number of hydrogen-bond donors (Lipinski definition) is 0. The molecule has 0 N–H and O–H groups in total. The van der Waals surface area contributed by atoms with Crippen LogP contribution in [0.25, 0.3) is 0 Å². The number of aromatic nitrogens is 1. The van der Waals surface area contributed by atoms with Crippen LogP contribution >= 0.6 is 0 Å². The first-order valence-electron chi connectivity index (χ1n) is 5.41. The van der Waals surface area contributed by atoms with Gasteiger partial charge in [0.2, 0.25) is 0 Å². The van der Waals surface area contributed by atoms with Crippen molar-refractivity contribution in [3.63, 3.8) is 0 Å². The summed E-state index contributed by atoms with van der Waals surface area (Å²) in [4.78, 5) is 0. The average Bonchev–Trinajstić information content (AvgIpc) is 2.31. The number of hydrogen-bond acceptors (Lipinski definition) is 0. The van der Waals surface area contributed by atoms with Gasteiger partial charge >= 0.3 is 0 Å². The molecule has 2 rings (SSSR count). The van der Waals surface area contributed by atoms with Gasteiger partial charge in [-0.15, -0.1) is 0 Å². The van der Waals surface area contributed by atoms with Crippen molar-refractivity contribution < 1.29 is 4.57 Å². The summed E-state index contributed by atoms with van der Waals surface area (Å²) < 4.78 is 2.30. The maximum atomic E-state index is 2.30. The van der Waals surface area contributed by atoms with E-state index in [4.69, 9.17) is 0 Å². The van der Waals surface area contributed by atoms with E-state index in [2.05, 4.69) is 66.2 Å². The van der Waals surface area contributed by atoms with Gasteiger partial charge in [0.25, 0.3) is 0 Å². The minimum absolute atomic E-state index is 0.963. The van der Waals surface area contributed by atoms with Crippen molar-refractivity contribution in [2.75, 3.05) is 0 Å². The molecule has 0 atom stereocenters. The number of aryl methyl sites for hydroxylation is 1. The van der Waals surface area contributed by atoms with Crippen LogP contribution in [0, 0.1) is 0 Å². The Morgan fingerprint density at radius 2 is 1.67 bits per heavy atom. The lowest BCUT2D eigenvalue weighted by Gasteiger charge is -2.01. The van der Waals surface area contributed by atoms with Crippen LogP contribution in [0.5, 0.6) is 0 Å². The zero-order valence-corrected chi connectivity index (χ0v) is 9.06. The van der Waals surface area contributed by atoms with E-state index in [1.54, 1.807) is 0 Å². The van der Waals surface area contributed by atoms with Gasteiger partial charge in [-0.1, -0.05) is 43.3 Å². The smallest absolute Gasteiger partial charge is 0.181 e. The Hall–Kier alpha value is -1.63. The Balaban J connectivity index is 2.24. The molecule has 0 aliphatic heterocycles. The zero-order valence-electron chi connectivity index (χ0n) is 9.06. The van der Waals surface area contributed by atoms with Crippen LogP contribution in [0.3, 0.4) is 0 Å². The molecule has 1 nitrogen and oxygen atoms in total. The van der Waals surface area contributed by atoms with E-state index in [9.17, 15) is 0 Å². The third-order valence-electron chi connectivity index (χ3n) is 2.59. The van der Waals surface area contributed by atoms with Gasteiger partial charge in [0, 0.05) is 24.1 Å². The maximum absolute atomic E-state index is 2.30. The summed E-state index contributed by atoms with van der Waals surface area (Å²) in [5, 5.41) is 0. The van der Waals surface area contributed by atoms with Crippen molar-refractivity contribution in [2.45, 2.75) is 19.9 Å². The minimum atomic E-state index is 0.963. The summed E-state index contributed by atoms with van der Waals surface area (Å²) in [6.07, 6.45) is 3.22. The third kappa shape index (κ3) is 2.44. The van der Waals surface area contributed by atoms with Crippen LogP contribution in [0.2, 0.25) is 0 Å². The van der Waals surface area contributed by atoms with E-state index in [0.717, 1.165) is 13.0 Å². The first-order valence-corrected chi connectivity index (χ1v) is 5.41. The molecule has 1 heterocycles. The zero-order chi connectivity index (χ0) is 10.5. The normalized spacial score (nSPS) is 10.2. The first-order chi connectivity index (χ1) is 7.40. The van der Waals surface area contributed by atoms with Crippen LogP contribution in [0.4, 0.5) is 0 Å². The van der Waals surface area contributed by atoms with Crippen LogP contribution in [-0.2, 0) is 13.0 Å². The SMILES string of the molecule is CCc1cccc[n+]1Cc1ccccc1. The minimum Gasteiger partial charge on any atom is -0.198 e. The Labute approximate surface area is 91.0 Å². The van der Waals surface area contributed by atoms with Crippen LogP contribution in [-0.4, -0.2) is 0 Å². The van der Waals surface area contributed by atoms with E-state index in [1.807, 2.05) is 0 Å². The van der Waals surface area contributed by atoms with Gasteiger partial charge < -0.3 is 0 Å². The second-order valence-corrected chi connectivity index (χ2v) is 3.66. The second kappa shape index (κ2) is 4.74. The lowest BCUT2D eigenvalue weighted by atomic mass is 10.2. The van der Waals surface area contributed by atoms with Crippen molar-refractivity contribution in [2.24, 2.45) is 0 Å². The summed E-state index contributed by atoms with van der Waals surface area (Å²) in [6.45, 7) is 3.15. The fourth-order valence-electron chi connectivity index (χ4n) is 1.77. The Morgan fingerprint density at radius 1 is 0.933 bits per heavy atom. The fraction of sp³-hybridized carbons (Fsp3) is 0.214. The van der Waals surface area contributed by atoms with Gasteiger partial charge in [-0.3, -0.25) is 0 Å². The topological polar surface area (TPSA) is 3.88 Å². The lowest BCUT2D eigenvalue weighted by molar-refractivity contribution is -0.695. The number of benzene rings is 1. The number of pyridine rings is 1. The second-order valence-electron chi connectivity index (χ2n) is 3.66. The van der Waals surface area contributed by atoms with Crippen molar-refractivity contribution in [3.8, 4) is 0 Å². The number of rotatable bonds is 3. The van der Waals surface area contributed by atoms with Gasteiger partial charge in [-0.05, 0) is 0 Å². The Morgan fingerprint density at radius 3 is 2.40 bits per heavy atom. The van der Waals surface area contributed by atoms with E-state index < -0.39 is 0 Å². The van der Waals surface area contributed by atoms with E-state index in [1.165, 1.54) is 11.3 Å². The molecule has 0 amide bonds. The van der Waals surface area contributed by atoms with E-state index >= 15 is 0 Å². The monoisotopic (exact) mass is 198 g/mol. The molecule has 1 aromatic heterocycles. The molecule has 0 bridgehead atoms. The number of nitrogens with zero attached hydrogens (tertiary/aromatic N) is 1. The van der Waals surface area contributed by atoms with Gasteiger partial charge in [-0.2, -0.15) is 4.57 Å². The molecular weight excluding hydrogens is 182 g/mol. The molecule has 0 unspecified atom stereocenters. The summed E-state index contributed by atoms with van der Waals surface area (Å²) in [5.41, 5.74) is 2.73. The highest BCUT2D eigenvalue weighted by Gasteiger charge is 2.07. The third-order valence-corrected chi connectivity index (χ3v) is 2.59. The highest BCUT2D eigenvalue weighted by Crippen LogP contribution is 1.99. The van der Waals surface area contributed by atoms with Gasteiger partial charge in [0.15, 0.2) is 18.4 Å². The molecular formula is C14H16N+. The molecule has 1 aromatic carbocycles. The van der Waals surface area contributed by atoms with Gasteiger partial charge in [0.05, 0.1) is 0 Å². The van der Waals surface area contributed by atoms with Gasteiger partial charge in [-0.25, -0.2) is 0 Å². The van der Waals surface area contributed by atoms with Crippen molar-refractivity contribution in [3.05, 3.63) is 66.0 Å². The van der Waals surface area contributed by atoms with Crippen molar-refractivity contribution in [1.29, 1.82) is 0 Å². The highest BCUT2D eigenvalue weighted by atomic mass is 14.9. The molecule has 1 heteroatoms. The quantitative estimate of drug-likeness (QED) is 0.667. The molecule has 15 heavy (non-hydrogen) atoms. The molecule has 0 radical (unpaired) electrons. The molecule has 0 saturated heterocycles. The largest absolute Gasteiger partial charge is 0.198 e. The first kappa shape index (κ1) is 9.91. The predicted molar refractivity (Wildman–Crippen MR) is 61.6 cm³/mol. The molecule has 76 valence electrons. The summed E-state index contributed by atoms with van der Waals surface area (Å²) >= 11 is 0. The summed E-state index contributed by atoms with van der Waals surface area (Å²) in [5.74, 6) is 0. The standard InChI is InChI=1S/C14H16N/c1-2-14-10-6-7-11-15(14)12-13-8-4-3-5-9-13/h3-11H,2,12H2,1H3/q+1. The molecule has 0 aliphatic rings. The molecule has 0 spiro atoms. The molecule has 0 aliphatic carbocycles. The predicted octanol–water partition coefficient (Wildman–Crippen LogP) is 2.58. The van der Waals surface area contributed by atoms with Crippen LogP contribution < -0.4 is 4.57 Å². The van der Waals surface area contributed by atoms with Crippen molar-refractivity contribution >= 4 is 0 Å². The Kier molecular flexibility index (Phi) is 3.13. The Bertz CT molecular complexity index is 420. The highest BCUT2D eigenvalue weighted by molar-refractivity contribution is 5.13. The summed E-state index contributed by atoms with van der Waals surface area (Å²) in [7, 11) is 0. The van der Waals surface area contributed by atoms with E-state index in [-0.39, 0.29) is 0 Å². The van der Waals surface area contributed by atoms with Crippen LogP contribution in [0.1, 0.15) is 18.2 Å². The van der Waals surface area contributed by atoms with Gasteiger partial charge in [0.1, 0.15) is 0 Å². The van der Waals surface area contributed by atoms with E-state index in [0.29, 0.717) is 0 Å². The lowest BCUT2D eigenvalue weighted by Crippen LogP contribution is -2.38.